The second kappa shape index (κ2) is 11.9. The molecular formula is C26H30N4O6. The number of hydrogen-bond donors (Lipinski definition) is 2. The van der Waals surface area contributed by atoms with E-state index in [1.165, 1.54) is 25.2 Å². The lowest BCUT2D eigenvalue weighted by atomic mass is 9.82. The van der Waals surface area contributed by atoms with Crippen LogP contribution in [0.15, 0.2) is 66.7 Å². The molecule has 190 valence electrons. The van der Waals surface area contributed by atoms with E-state index < -0.39 is 23.6 Å². The first-order valence-electron chi connectivity index (χ1n) is 11.4. The number of rotatable bonds is 11. The first-order valence-corrected chi connectivity index (χ1v) is 11.4. The van der Waals surface area contributed by atoms with Gasteiger partial charge in [0.2, 0.25) is 11.8 Å². The van der Waals surface area contributed by atoms with Gasteiger partial charge in [0, 0.05) is 13.1 Å². The summed E-state index contributed by atoms with van der Waals surface area (Å²) in [6.07, 6.45) is 0. The van der Waals surface area contributed by atoms with Crippen LogP contribution in [0.5, 0.6) is 17.8 Å². The summed E-state index contributed by atoms with van der Waals surface area (Å²) in [7, 11) is 2.80. The van der Waals surface area contributed by atoms with Crippen molar-refractivity contribution < 1.29 is 28.9 Å². The molecule has 0 unspecified atom stereocenters. The van der Waals surface area contributed by atoms with Crippen molar-refractivity contribution in [1.82, 2.24) is 20.2 Å². The summed E-state index contributed by atoms with van der Waals surface area (Å²) in [4.78, 5) is 36.3. The molecule has 0 aliphatic rings. The van der Waals surface area contributed by atoms with E-state index in [1.54, 1.807) is 62.4 Å². The third kappa shape index (κ3) is 5.65. The predicted molar refractivity (Wildman–Crippen MR) is 132 cm³/mol. The Balaban J connectivity index is 2.28. The van der Waals surface area contributed by atoms with Crippen LogP contribution >= 0.6 is 0 Å². The molecule has 3 rings (SSSR count). The molecular weight excluding hydrogens is 464 g/mol. The lowest BCUT2D eigenvalue weighted by molar-refractivity contribution is -0.160. The molecule has 1 atom stereocenters. The van der Waals surface area contributed by atoms with E-state index in [0.29, 0.717) is 24.2 Å². The van der Waals surface area contributed by atoms with Gasteiger partial charge in [0.1, 0.15) is 0 Å². The second-order valence-electron chi connectivity index (χ2n) is 7.73. The summed E-state index contributed by atoms with van der Waals surface area (Å²) in [5.74, 6) is -2.23. The van der Waals surface area contributed by atoms with E-state index in [2.05, 4.69) is 15.3 Å². The molecule has 0 fully saturated rings. The average molecular weight is 495 g/mol. The molecule has 3 aromatic rings. The van der Waals surface area contributed by atoms with Crippen molar-refractivity contribution in [3.63, 3.8) is 0 Å². The van der Waals surface area contributed by atoms with Gasteiger partial charge in [-0.15, -0.1) is 0 Å². The highest BCUT2D eigenvalue weighted by atomic mass is 16.6. The normalized spacial score (nSPS) is 12.4. The Hall–Kier alpha value is -4.34. The van der Waals surface area contributed by atoms with Crippen molar-refractivity contribution in [2.75, 3.05) is 27.3 Å². The molecule has 36 heavy (non-hydrogen) atoms. The monoisotopic (exact) mass is 494 g/mol. The smallest absolute Gasteiger partial charge is 0.371 e. The molecule has 0 saturated heterocycles. The molecule has 2 aromatic carbocycles. The molecule has 1 heterocycles. The SMILES string of the molecule is CCN(CC)C(=O)N[C@](Oc1nc(OC)cc(OC)n1)(C(=O)O)C(c1ccccc1)c1ccccc1. The van der Waals surface area contributed by atoms with Crippen LogP contribution in [0.25, 0.3) is 0 Å². The largest absolute Gasteiger partial charge is 0.481 e. The van der Waals surface area contributed by atoms with Crippen molar-refractivity contribution >= 4 is 12.0 Å². The number of nitrogens with zero attached hydrogens (tertiary/aromatic N) is 3. The number of aliphatic carboxylic acids is 1. The Bertz CT molecular complexity index is 1100. The fraction of sp³-hybridized carbons (Fsp3) is 0.308. The Morgan fingerprint density at radius 2 is 1.39 bits per heavy atom. The van der Waals surface area contributed by atoms with Crippen LogP contribution in [0, 0.1) is 0 Å². The van der Waals surface area contributed by atoms with E-state index >= 15 is 0 Å². The average Bonchev–Trinajstić information content (AvgIpc) is 2.90. The number of hydrogen-bond acceptors (Lipinski definition) is 7. The Morgan fingerprint density at radius 3 is 1.78 bits per heavy atom. The van der Waals surface area contributed by atoms with Gasteiger partial charge in [-0.1, -0.05) is 60.7 Å². The first kappa shape index (κ1) is 26.3. The van der Waals surface area contributed by atoms with Crippen molar-refractivity contribution in [2.24, 2.45) is 0 Å². The van der Waals surface area contributed by atoms with Gasteiger partial charge >= 0.3 is 18.0 Å². The molecule has 1 aromatic heterocycles. The van der Waals surface area contributed by atoms with Gasteiger partial charge in [-0.25, -0.2) is 9.59 Å². The molecule has 0 bridgehead atoms. The van der Waals surface area contributed by atoms with Gasteiger partial charge in [-0.3, -0.25) is 5.32 Å². The Labute approximate surface area is 209 Å². The molecule has 0 saturated carbocycles. The highest BCUT2D eigenvalue weighted by Crippen LogP contribution is 2.37. The maximum Gasteiger partial charge on any atom is 0.371 e. The van der Waals surface area contributed by atoms with Crippen LogP contribution in [-0.4, -0.2) is 65.0 Å². The topological polar surface area (TPSA) is 123 Å². The van der Waals surface area contributed by atoms with Gasteiger partial charge in [0.15, 0.2) is 0 Å². The second-order valence-corrected chi connectivity index (χ2v) is 7.73. The number of aromatic nitrogens is 2. The van der Waals surface area contributed by atoms with Crippen molar-refractivity contribution in [2.45, 2.75) is 25.5 Å². The maximum absolute atomic E-state index is 13.3. The first-order chi connectivity index (χ1) is 17.4. The van der Waals surface area contributed by atoms with Gasteiger partial charge in [0.05, 0.1) is 26.2 Å². The van der Waals surface area contributed by atoms with Crippen molar-refractivity contribution in [1.29, 1.82) is 0 Å². The summed E-state index contributed by atoms with van der Waals surface area (Å²) >= 11 is 0. The third-order valence-corrected chi connectivity index (χ3v) is 5.66. The summed E-state index contributed by atoms with van der Waals surface area (Å²) in [6.45, 7) is 4.33. The molecule has 0 radical (unpaired) electrons. The molecule has 0 spiro atoms. The quantitative estimate of drug-likeness (QED) is 0.388. The van der Waals surface area contributed by atoms with Crippen LogP contribution < -0.4 is 19.5 Å². The van der Waals surface area contributed by atoms with Crippen LogP contribution in [-0.2, 0) is 4.79 Å². The summed E-state index contributed by atoms with van der Waals surface area (Å²) in [5.41, 5.74) is -1.15. The highest BCUT2D eigenvalue weighted by molar-refractivity contribution is 5.87. The van der Waals surface area contributed by atoms with Gasteiger partial charge < -0.3 is 24.2 Å². The number of carbonyl (C=O) groups excluding carboxylic acids is 1. The standard InChI is InChI=1S/C26H30N4O6/c1-5-30(6-2)25(33)29-26(23(31)32,36-24-27-20(34-3)17-21(28-24)35-4)22(18-13-9-7-10-14-18)19-15-11-8-12-16-19/h7-17,22H,5-6H2,1-4H3,(H,29,33)(H,31,32)/t26-/m1/s1. The number of ether oxygens (including phenoxy) is 3. The number of methoxy groups -OCH3 is 2. The van der Waals surface area contributed by atoms with E-state index in [1.807, 2.05) is 12.1 Å². The minimum Gasteiger partial charge on any atom is -0.481 e. The zero-order chi connectivity index (χ0) is 26.1. The minimum atomic E-state index is -2.35. The number of nitrogens with one attached hydrogen (secondary N) is 1. The van der Waals surface area contributed by atoms with E-state index in [4.69, 9.17) is 14.2 Å². The number of amides is 2. The highest BCUT2D eigenvalue weighted by Gasteiger charge is 2.53. The molecule has 0 aliphatic carbocycles. The summed E-state index contributed by atoms with van der Waals surface area (Å²) in [5, 5.41) is 13.4. The van der Waals surface area contributed by atoms with Gasteiger partial charge in [-0.2, -0.15) is 9.97 Å². The van der Waals surface area contributed by atoms with Crippen LogP contribution in [0.4, 0.5) is 4.79 Å². The van der Waals surface area contributed by atoms with Gasteiger partial charge in [-0.05, 0) is 25.0 Å². The maximum atomic E-state index is 13.3. The zero-order valence-electron chi connectivity index (χ0n) is 20.7. The zero-order valence-corrected chi connectivity index (χ0v) is 20.7. The Kier molecular flexibility index (Phi) is 8.66. The van der Waals surface area contributed by atoms with E-state index in [0.717, 1.165) is 0 Å². The fourth-order valence-corrected chi connectivity index (χ4v) is 3.86. The van der Waals surface area contributed by atoms with Crippen molar-refractivity contribution in [3.05, 3.63) is 77.9 Å². The third-order valence-electron chi connectivity index (χ3n) is 5.66. The molecule has 10 heteroatoms. The number of carboxylic acids is 1. The van der Waals surface area contributed by atoms with Gasteiger partial charge in [0.25, 0.3) is 5.72 Å². The molecule has 2 amide bonds. The fourth-order valence-electron chi connectivity index (χ4n) is 3.86. The van der Waals surface area contributed by atoms with Crippen LogP contribution in [0.3, 0.4) is 0 Å². The number of benzene rings is 2. The number of carbonyl (C=O) groups is 2. The number of carboxylic acid groups (broad SMARTS) is 1. The van der Waals surface area contributed by atoms with E-state index in [9.17, 15) is 14.7 Å². The van der Waals surface area contributed by atoms with Crippen molar-refractivity contribution in [3.8, 4) is 17.8 Å². The number of urea groups is 1. The predicted octanol–water partition coefficient (Wildman–Crippen LogP) is 3.54. The molecule has 2 N–H and O–H groups in total. The molecule has 0 aliphatic heterocycles. The van der Waals surface area contributed by atoms with E-state index in [-0.39, 0.29) is 17.8 Å². The van der Waals surface area contributed by atoms with Crippen LogP contribution in [0.1, 0.15) is 30.9 Å². The molecule has 10 nitrogen and oxygen atoms in total. The summed E-state index contributed by atoms with van der Waals surface area (Å²) < 4.78 is 16.5. The summed E-state index contributed by atoms with van der Waals surface area (Å²) in [6, 6.07) is 18.3. The van der Waals surface area contributed by atoms with Crippen LogP contribution in [0.2, 0.25) is 0 Å². The lowest BCUT2D eigenvalue weighted by Gasteiger charge is -2.38. The lowest BCUT2D eigenvalue weighted by Crippen LogP contribution is -2.65. The minimum absolute atomic E-state index is 0.0992. The Morgan fingerprint density at radius 1 is 0.917 bits per heavy atom.